The molecule has 1 spiro atoms. The molecule has 4 rings (SSSR count). The van der Waals surface area contributed by atoms with Gasteiger partial charge in [-0.25, -0.2) is 0 Å². The van der Waals surface area contributed by atoms with Crippen LogP contribution in [0.2, 0.25) is 0 Å². The molecule has 0 bridgehead atoms. The van der Waals surface area contributed by atoms with E-state index in [2.05, 4.69) is 52.8 Å². The summed E-state index contributed by atoms with van der Waals surface area (Å²) >= 11 is 0. The number of carbonyl (C=O) groups excluding carboxylic acids is 1. The molecule has 1 saturated carbocycles. The summed E-state index contributed by atoms with van der Waals surface area (Å²) in [6, 6.07) is 11.0. The molecule has 3 atom stereocenters. The second-order valence-electron chi connectivity index (χ2n) is 8.47. The first-order chi connectivity index (χ1) is 12.2. The average Bonchev–Trinajstić information content (AvgIpc) is 3.32. The Morgan fingerprint density at radius 3 is 2.76 bits per heavy atom. The topological polar surface area (TPSA) is 44.4 Å². The van der Waals surface area contributed by atoms with Gasteiger partial charge < -0.3 is 10.6 Å². The maximum absolute atomic E-state index is 12.7. The van der Waals surface area contributed by atoms with Gasteiger partial charge >= 0.3 is 0 Å². The Bertz CT molecular complexity index is 596. The lowest BCUT2D eigenvalue weighted by Gasteiger charge is -2.37. The third-order valence-corrected chi connectivity index (χ3v) is 6.67. The highest BCUT2D eigenvalue weighted by atomic mass is 16.2. The predicted octanol–water partition coefficient (Wildman–Crippen LogP) is 2.40. The summed E-state index contributed by atoms with van der Waals surface area (Å²) in [5, 5.41) is 6.82. The number of likely N-dealkylation sites (tertiary alicyclic amines) is 1. The zero-order valence-electron chi connectivity index (χ0n) is 15.3. The number of nitrogens with one attached hydrogen (secondary N) is 2. The second-order valence-corrected chi connectivity index (χ2v) is 8.47. The van der Waals surface area contributed by atoms with Crippen molar-refractivity contribution in [3.05, 3.63) is 35.9 Å². The molecule has 3 fully saturated rings. The van der Waals surface area contributed by atoms with E-state index in [1.54, 1.807) is 0 Å². The number of piperidine rings is 2. The highest BCUT2D eigenvalue weighted by molar-refractivity contribution is 5.83. The number of amides is 1. The lowest BCUT2D eigenvalue weighted by Crippen LogP contribution is -2.50. The molecule has 1 aromatic rings. The molecule has 3 aliphatic rings. The zero-order valence-corrected chi connectivity index (χ0v) is 15.3. The van der Waals surface area contributed by atoms with E-state index < -0.39 is 0 Å². The van der Waals surface area contributed by atoms with Crippen LogP contribution in [0.15, 0.2) is 30.3 Å². The predicted molar refractivity (Wildman–Crippen MR) is 100 cm³/mol. The van der Waals surface area contributed by atoms with Crippen molar-refractivity contribution in [2.24, 2.45) is 17.3 Å². The van der Waals surface area contributed by atoms with Gasteiger partial charge in [-0.2, -0.15) is 0 Å². The van der Waals surface area contributed by atoms with Crippen LogP contribution in [0, 0.1) is 17.3 Å². The summed E-state index contributed by atoms with van der Waals surface area (Å²) in [5.74, 6) is 1.13. The van der Waals surface area contributed by atoms with E-state index in [0.717, 1.165) is 45.6 Å². The minimum Gasteiger partial charge on any atom is -0.353 e. The monoisotopic (exact) mass is 341 g/mol. The van der Waals surface area contributed by atoms with Crippen LogP contribution in [0.25, 0.3) is 0 Å². The molecule has 2 N–H and O–H groups in total. The van der Waals surface area contributed by atoms with E-state index in [0.29, 0.717) is 23.3 Å². The Balaban J connectivity index is 1.26. The molecule has 2 heterocycles. The van der Waals surface area contributed by atoms with E-state index >= 15 is 0 Å². The van der Waals surface area contributed by atoms with Gasteiger partial charge in [0, 0.05) is 31.6 Å². The van der Waals surface area contributed by atoms with Gasteiger partial charge in [-0.3, -0.25) is 9.69 Å². The largest absolute Gasteiger partial charge is 0.353 e. The number of benzene rings is 1. The molecule has 1 amide bonds. The van der Waals surface area contributed by atoms with Crippen LogP contribution in [0.4, 0.5) is 0 Å². The fraction of sp³-hybridized carbons (Fsp3) is 0.667. The van der Waals surface area contributed by atoms with Crippen LogP contribution < -0.4 is 10.6 Å². The van der Waals surface area contributed by atoms with Gasteiger partial charge in [0.1, 0.15) is 0 Å². The minimum absolute atomic E-state index is 0.282. The van der Waals surface area contributed by atoms with Crippen molar-refractivity contribution < 1.29 is 4.79 Å². The van der Waals surface area contributed by atoms with Crippen LogP contribution in [0.3, 0.4) is 0 Å². The SMILES string of the molecule is CC1CN(Cc2ccccc2)CCC1NC(=O)C1CC12CCNCC2. The smallest absolute Gasteiger partial charge is 0.223 e. The third kappa shape index (κ3) is 3.75. The summed E-state index contributed by atoms with van der Waals surface area (Å²) < 4.78 is 0. The second kappa shape index (κ2) is 7.08. The Hall–Kier alpha value is -1.39. The van der Waals surface area contributed by atoms with Gasteiger partial charge in [0.05, 0.1) is 0 Å². The van der Waals surface area contributed by atoms with Crippen LogP contribution in [0.5, 0.6) is 0 Å². The Kier molecular flexibility index (Phi) is 4.83. The summed E-state index contributed by atoms with van der Waals surface area (Å²) in [6.45, 7) is 7.61. The maximum atomic E-state index is 12.7. The van der Waals surface area contributed by atoms with Crippen molar-refractivity contribution >= 4 is 5.91 Å². The van der Waals surface area contributed by atoms with Gasteiger partial charge in [0.25, 0.3) is 0 Å². The molecule has 25 heavy (non-hydrogen) atoms. The highest BCUT2D eigenvalue weighted by Gasteiger charge is 2.57. The minimum atomic E-state index is 0.282. The number of hydrogen-bond acceptors (Lipinski definition) is 3. The van der Waals surface area contributed by atoms with Crippen molar-refractivity contribution in [3.63, 3.8) is 0 Å². The molecule has 0 radical (unpaired) electrons. The first kappa shape index (κ1) is 17.0. The first-order valence-electron chi connectivity index (χ1n) is 9.94. The molecule has 3 unspecified atom stereocenters. The van der Waals surface area contributed by atoms with Crippen molar-refractivity contribution in [1.82, 2.24) is 15.5 Å². The molecule has 0 aromatic heterocycles. The first-order valence-corrected chi connectivity index (χ1v) is 9.94. The lowest BCUT2D eigenvalue weighted by atomic mass is 9.90. The van der Waals surface area contributed by atoms with E-state index in [9.17, 15) is 4.79 Å². The number of rotatable bonds is 4. The quantitative estimate of drug-likeness (QED) is 0.884. The van der Waals surface area contributed by atoms with Gasteiger partial charge in [0.15, 0.2) is 0 Å². The van der Waals surface area contributed by atoms with Gasteiger partial charge in [0.2, 0.25) is 5.91 Å². The molecule has 136 valence electrons. The van der Waals surface area contributed by atoms with E-state index in [-0.39, 0.29) is 5.92 Å². The van der Waals surface area contributed by atoms with Crippen molar-refractivity contribution in [2.75, 3.05) is 26.2 Å². The molecule has 1 aliphatic carbocycles. The van der Waals surface area contributed by atoms with Gasteiger partial charge in [-0.15, -0.1) is 0 Å². The van der Waals surface area contributed by atoms with Crippen molar-refractivity contribution in [1.29, 1.82) is 0 Å². The molecule has 2 aliphatic heterocycles. The van der Waals surface area contributed by atoms with Crippen molar-refractivity contribution in [3.8, 4) is 0 Å². The van der Waals surface area contributed by atoms with E-state index in [1.165, 1.54) is 18.4 Å². The fourth-order valence-electron chi connectivity index (χ4n) is 4.91. The summed E-state index contributed by atoms with van der Waals surface area (Å²) in [5.41, 5.74) is 1.72. The third-order valence-electron chi connectivity index (χ3n) is 6.67. The van der Waals surface area contributed by atoms with Gasteiger partial charge in [-0.05, 0) is 55.7 Å². The van der Waals surface area contributed by atoms with E-state index in [1.807, 2.05) is 0 Å². The Labute approximate surface area is 151 Å². The molecule has 2 saturated heterocycles. The summed E-state index contributed by atoms with van der Waals surface area (Å²) in [7, 11) is 0. The zero-order chi connectivity index (χ0) is 17.3. The standard InChI is InChI=1S/C21H31N3O/c1-16-14-24(15-17-5-3-2-4-6-17)12-7-19(16)23-20(25)18-13-21(18)8-10-22-11-9-21/h2-6,16,18-19,22H,7-15H2,1H3,(H,23,25). The average molecular weight is 341 g/mol. The van der Waals surface area contributed by atoms with Gasteiger partial charge in [-0.1, -0.05) is 37.3 Å². The van der Waals surface area contributed by atoms with Crippen LogP contribution >= 0.6 is 0 Å². The summed E-state index contributed by atoms with van der Waals surface area (Å²) in [4.78, 5) is 15.2. The molecular weight excluding hydrogens is 310 g/mol. The number of hydrogen-bond donors (Lipinski definition) is 2. The van der Waals surface area contributed by atoms with Crippen LogP contribution in [-0.2, 0) is 11.3 Å². The number of carbonyl (C=O) groups is 1. The van der Waals surface area contributed by atoms with Crippen LogP contribution in [-0.4, -0.2) is 43.0 Å². The molecule has 1 aromatic carbocycles. The molecule has 4 nitrogen and oxygen atoms in total. The Morgan fingerprint density at radius 2 is 2.04 bits per heavy atom. The lowest BCUT2D eigenvalue weighted by molar-refractivity contribution is -0.124. The van der Waals surface area contributed by atoms with Crippen LogP contribution in [0.1, 0.15) is 38.2 Å². The van der Waals surface area contributed by atoms with Crippen molar-refractivity contribution in [2.45, 2.75) is 45.2 Å². The molecule has 4 heteroatoms. The van der Waals surface area contributed by atoms with E-state index in [4.69, 9.17) is 0 Å². The summed E-state index contributed by atoms with van der Waals surface area (Å²) in [6.07, 6.45) is 4.54. The fourth-order valence-corrected chi connectivity index (χ4v) is 4.91. The number of nitrogens with zero attached hydrogens (tertiary/aromatic N) is 1. The normalized spacial score (nSPS) is 31.6. The molecular formula is C21H31N3O. The highest BCUT2D eigenvalue weighted by Crippen LogP contribution is 2.58. The maximum Gasteiger partial charge on any atom is 0.223 e. The Morgan fingerprint density at radius 1 is 1.28 bits per heavy atom.